The molecule has 0 bridgehead atoms. The number of benzene rings is 7. The zero-order chi connectivity index (χ0) is 33.0. The van der Waals surface area contributed by atoms with Crippen LogP contribution in [0, 0.1) is 0 Å². The smallest absolute Gasteiger partial charge is 0.124 e. The van der Waals surface area contributed by atoms with Gasteiger partial charge in [-0.05, 0) is 87.0 Å². The van der Waals surface area contributed by atoms with E-state index in [4.69, 9.17) is 4.98 Å². The SMILES string of the molecule is CC1(C)c2ccccc2-c2ccc(N(c3ccc(-c4ccccc4)cc3)c3ccc4nc(-c5ccc(-c6ccccc6)cc5)sc4c3)cc21. The normalized spacial score (nSPS) is 12.9. The van der Waals surface area contributed by atoms with E-state index in [0.717, 1.165) is 33.1 Å². The van der Waals surface area contributed by atoms with Gasteiger partial charge in [-0.2, -0.15) is 0 Å². The van der Waals surface area contributed by atoms with Crippen LogP contribution in [0.1, 0.15) is 25.0 Å². The van der Waals surface area contributed by atoms with Gasteiger partial charge < -0.3 is 4.90 Å². The molecule has 2 nitrogen and oxygen atoms in total. The topological polar surface area (TPSA) is 16.1 Å². The highest BCUT2D eigenvalue weighted by Gasteiger charge is 2.35. The minimum absolute atomic E-state index is 0.0860. The fourth-order valence-electron chi connectivity index (χ4n) is 7.32. The standard InChI is InChI=1S/C46H34N2S/c1-46(2)41-16-10-9-15-39(41)40-27-25-37(29-42(40)46)48(36-23-21-34(22-24-36)32-13-7-4-8-14-32)38-26-28-43-44(30-38)49-45(47-43)35-19-17-33(18-20-35)31-11-5-3-6-12-31/h3-30H,1-2H3. The van der Waals surface area contributed by atoms with Gasteiger partial charge in [0.05, 0.1) is 10.2 Å². The largest absolute Gasteiger partial charge is 0.310 e. The molecule has 7 aromatic carbocycles. The molecule has 49 heavy (non-hydrogen) atoms. The van der Waals surface area contributed by atoms with E-state index in [0.29, 0.717) is 0 Å². The van der Waals surface area contributed by atoms with Crippen LogP contribution in [0.3, 0.4) is 0 Å². The Kier molecular flexibility index (Phi) is 7.03. The van der Waals surface area contributed by atoms with Gasteiger partial charge in [0.1, 0.15) is 5.01 Å². The number of anilines is 3. The first-order valence-corrected chi connectivity index (χ1v) is 17.6. The maximum atomic E-state index is 5.07. The first-order valence-electron chi connectivity index (χ1n) is 16.8. The minimum Gasteiger partial charge on any atom is -0.310 e. The molecular weight excluding hydrogens is 613 g/mol. The lowest BCUT2D eigenvalue weighted by Crippen LogP contribution is -2.16. The van der Waals surface area contributed by atoms with Crippen molar-refractivity contribution in [3.8, 4) is 44.0 Å². The molecule has 0 spiro atoms. The number of thiazole rings is 1. The van der Waals surface area contributed by atoms with Crippen LogP contribution in [0.25, 0.3) is 54.2 Å². The Bertz CT molecular complexity index is 2440. The Labute approximate surface area is 291 Å². The predicted octanol–water partition coefficient (Wildman–Crippen LogP) is 13.1. The zero-order valence-corrected chi connectivity index (χ0v) is 28.3. The lowest BCUT2D eigenvalue weighted by molar-refractivity contribution is 0.660. The third kappa shape index (κ3) is 5.15. The van der Waals surface area contributed by atoms with Gasteiger partial charge in [0.2, 0.25) is 0 Å². The molecule has 1 heterocycles. The van der Waals surface area contributed by atoms with Gasteiger partial charge >= 0.3 is 0 Å². The third-order valence-electron chi connectivity index (χ3n) is 9.93. The van der Waals surface area contributed by atoms with E-state index >= 15 is 0 Å². The summed E-state index contributed by atoms with van der Waals surface area (Å²) < 4.78 is 1.17. The van der Waals surface area contributed by atoms with Crippen molar-refractivity contribution in [1.82, 2.24) is 4.98 Å². The number of rotatable bonds is 6. The van der Waals surface area contributed by atoms with Crippen molar-refractivity contribution < 1.29 is 0 Å². The Morgan fingerprint density at radius 2 is 0.959 bits per heavy atom. The maximum Gasteiger partial charge on any atom is 0.124 e. The molecule has 0 amide bonds. The zero-order valence-electron chi connectivity index (χ0n) is 27.5. The number of hydrogen-bond donors (Lipinski definition) is 0. The second-order valence-electron chi connectivity index (χ2n) is 13.3. The molecule has 0 radical (unpaired) electrons. The summed E-state index contributed by atoms with van der Waals surface area (Å²) >= 11 is 1.75. The van der Waals surface area contributed by atoms with Crippen LogP contribution in [0.15, 0.2) is 170 Å². The van der Waals surface area contributed by atoms with E-state index < -0.39 is 0 Å². The highest BCUT2D eigenvalue weighted by molar-refractivity contribution is 7.21. The average Bonchev–Trinajstić information content (AvgIpc) is 3.69. The maximum absolute atomic E-state index is 5.07. The van der Waals surface area contributed by atoms with E-state index in [9.17, 15) is 0 Å². The Hall–Kier alpha value is -5.77. The van der Waals surface area contributed by atoms with E-state index in [-0.39, 0.29) is 5.41 Å². The quantitative estimate of drug-likeness (QED) is 0.179. The fourth-order valence-corrected chi connectivity index (χ4v) is 8.33. The predicted molar refractivity (Wildman–Crippen MR) is 208 cm³/mol. The van der Waals surface area contributed by atoms with Crippen LogP contribution in [0.2, 0.25) is 0 Å². The summed E-state index contributed by atoms with van der Waals surface area (Å²) in [7, 11) is 0. The fraction of sp³-hybridized carbons (Fsp3) is 0.0652. The highest BCUT2D eigenvalue weighted by atomic mass is 32.1. The summed E-state index contributed by atoms with van der Waals surface area (Å²) in [5.41, 5.74) is 15.7. The van der Waals surface area contributed by atoms with Crippen LogP contribution in [-0.2, 0) is 5.41 Å². The summed E-state index contributed by atoms with van der Waals surface area (Å²) in [4.78, 5) is 7.46. The summed E-state index contributed by atoms with van der Waals surface area (Å²) in [6.45, 7) is 4.69. The van der Waals surface area contributed by atoms with E-state index in [1.54, 1.807) is 11.3 Å². The first-order chi connectivity index (χ1) is 24.0. The first kappa shape index (κ1) is 29.4. The van der Waals surface area contributed by atoms with Gasteiger partial charge in [-0.1, -0.05) is 141 Å². The summed E-state index contributed by atoms with van der Waals surface area (Å²) in [5.74, 6) is 0. The molecule has 3 heteroatoms. The Morgan fingerprint density at radius 1 is 0.449 bits per heavy atom. The number of nitrogens with zero attached hydrogens (tertiary/aromatic N) is 2. The number of hydrogen-bond acceptors (Lipinski definition) is 3. The van der Waals surface area contributed by atoms with Crippen molar-refractivity contribution in [3.63, 3.8) is 0 Å². The monoisotopic (exact) mass is 646 g/mol. The number of aromatic nitrogens is 1. The lowest BCUT2D eigenvalue weighted by atomic mass is 9.82. The van der Waals surface area contributed by atoms with Gasteiger partial charge in [0.25, 0.3) is 0 Å². The van der Waals surface area contributed by atoms with Crippen LogP contribution in [0.5, 0.6) is 0 Å². The van der Waals surface area contributed by atoms with Crippen LogP contribution in [0.4, 0.5) is 17.1 Å². The molecule has 234 valence electrons. The summed E-state index contributed by atoms with van der Waals surface area (Å²) in [5, 5.41) is 1.03. The van der Waals surface area contributed by atoms with Gasteiger partial charge in [-0.25, -0.2) is 4.98 Å². The van der Waals surface area contributed by atoms with Gasteiger partial charge in [0, 0.05) is 28.0 Å². The number of fused-ring (bicyclic) bond motifs is 4. The molecule has 0 atom stereocenters. The molecule has 8 aromatic rings. The molecule has 0 unspecified atom stereocenters. The van der Waals surface area contributed by atoms with E-state index in [1.807, 2.05) is 0 Å². The van der Waals surface area contributed by atoms with Gasteiger partial charge in [0.15, 0.2) is 0 Å². The van der Waals surface area contributed by atoms with Gasteiger partial charge in [-0.3, -0.25) is 0 Å². The highest BCUT2D eigenvalue weighted by Crippen LogP contribution is 2.51. The molecule has 1 aliphatic rings. The molecule has 9 rings (SSSR count). The molecule has 0 saturated carbocycles. The third-order valence-corrected chi connectivity index (χ3v) is 11.0. The molecule has 0 aliphatic heterocycles. The molecule has 0 saturated heterocycles. The molecule has 1 aromatic heterocycles. The lowest BCUT2D eigenvalue weighted by Gasteiger charge is -2.28. The van der Waals surface area contributed by atoms with Crippen molar-refractivity contribution in [1.29, 1.82) is 0 Å². The molecule has 0 N–H and O–H groups in total. The van der Waals surface area contributed by atoms with E-state index in [1.165, 1.54) is 49.2 Å². The molecule has 0 fully saturated rings. The van der Waals surface area contributed by atoms with Crippen LogP contribution in [-0.4, -0.2) is 4.98 Å². The summed E-state index contributed by atoms with van der Waals surface area (Å²) in [6.07, 6.45) is 0. The second-order valence-corrected chi connectivity index (χ2v) is 14.3. The van der Waals surface area contributed by atoms with E-state index in [2.05, 4.69) is 189 Å². The van der Waals surface area contributed by atoms with Crippen molar-refractivity contribution in [2.75, 3.05) is 4.90 Å². The van der Waals surface area contributed by atoms with Crippen molar-refractivity contribution >= 4 is 38.6 Å². The average molecular weight is 647 g/mol. The van der Waals surface area contributed by atoms with Crippen LogP contribution >= 0.6 is 11.3 Å². The second kappa shape index (κ2) is 11.7. The summed E-state index contributed by atoms with van der Waals surface area (Å²) in [6, 6.07) is 61.3. The van der Waals surface area contributed by atoms with Crippen LogP contribution < -0.4 is 4.90 Å². The van der Waals surface area contributed by atoms with Crippen molar-refractivity contribution in [3.05, 3.63) is 181 Å². The van der Waals surface area contributed by atoms with Crippen molar-refractivity contribution in [2.45, 2.75) is 19.3 Å². The van der Waals surface area contributed by atoms with Gasteiger partial charge in [-0.15, -0.1) is 11.3 Å². The minimum atomic E-state index is -0.0860. The Morgan fingerprint density at radius 3 is 1.65 bits per heavy atom. The molecule has 1 aliphatic carbocycles. The molecular formula is C46H34N2S. The Balaban J connectivity index is 1.13. The van der Waals surface area contributed by atoms with Crippen molar-refractivity contribution in [2.24, 2.45) is 0 Å².